The summed E-state index contributed by atoms with van der Waals surface area (Å²) in [7, 11) is 0. The average molecular weight is 337 g/mol. The van der Waals surface area contributed by atoms with Crippen molar-refractivity contribution in [2.75, 3.05) is 6.61 Å². The van der Waals surface area contributed by atoms with E-state index < -0.39 is 30.1 Å². The van der Waals surface area contributed by atoms with E-state index in [0.29, 0.717) is 0 Å². The van der Waals surface area contributed by atoms with E-state index in [1.807, 2.05) is 44.2 Å². The molecular formula is C18H27NO5. The molecule has 1 rings (SSSR count). The fraction of sp³-hybridized carbons (Fsp3) is 0.556. The van der Waals surface area contributed by atoms with Crippen molar-refractivity contribution in [3.05, 3.63) is 35.9 Å². The first kappa shape index (κ1) is 20.0. The highest BCUT2D eigenvalue weighted by Gasteiger charge is 2.33. The lowest BCUT2D eigenvalue weighted by atomic mass is 9.90. The molecule has 0 aliphatic carbocycles. The molecule has 1 aromatic rings. The minimum absolute atomic E-state index is 0.0823. The van der Waals surface area contributed by atoms with Gasteiger partial charge in [0.2, 0.25) is 0 Å². The van der Waals surface area contributed by atoms with Crippen LogP contribution in [-0.2, 0) is 20.9 Å². The van der Waals surface area contributed by atoms with E-state index in [4.69, 9.17) is 9.47 Å². The van der Waals surface area contributed by atoms with Gasteiger partial charge in [-0.2, -0.15) is 0 Å². The molecule has 0 radical (unpaired) electrons. The van der Waals surface area contributed by atoms with Crippen LogP contribution in [0.4, 0.5) is 4.79 Å². The first-order chi connectivity index (χ1) is 11.4. The molecule has 24 heavy (non-hydrogen) atoms. The van der Waals surface area contributed by atoms with Gasteiger partial charge in [-0.05, 0) is 25.3 Å². The molecule has 0 saturated heterocycles. The number of benzene rings is 1. The lowest BCUT2D eigenvalue weighted by molar-refractivity contribution is -0.152. The summed E-state index contributed by atoms with van der Waals surface area (Å²) < 4.78 is 10.1. The molecule has 0 heterocycles. The maximum absolute atomic E-state index is 12.0. The van der Waals surface area contributed by atoms with Gasteiger partial charge in [-0.1, -0.05) is 44.2 Å². The van der Waals surface area contributed by atoms with Crippen molar-refractivity contribution in [1.29, 1.82) is 0 Å². The molecule has 6 heteroatoms. The summed E-state index contributed by atoms with van der Waals surface area (Å²) in [5.74, 6) is -1.32. The molecule has 134 valence electrons. The average Bonchev–Trinajstić information content (AvgIpc) is 2.57. The monoisotopic (exact) mass is 337 g/mol. The van der Waals surface area contributed by atoms with Crippen molar-refractivity contribution in [2.24, 2.45) is 11.8 Å². The van der Waals surface area contributed by atoms with Crippen LogP contribution in [0.2, 0.25) is 0 Å². The highest BCUT2D eigenvalue weighted by atomic mass is 16.5. The number of aliphatic hydroxyl groups is 1. The largest absolute Gasteiger partial charge is 0.466 e. The van der Waals surface area contributed by atoms with Gasteiger partial charge in [0.15, 0.2) is 0 Å². The summed E-state index contributed by atoms with van der Waals surface area (Å²) in [6, 6.07) is 8.69. The number of alkyl carbamates (subject to hydrolysis) is 1. The second kappa shape index (κ2) is 9.93. The number of amides is 1. The molecular weight excluding hydrogens is 310 g/mol. The Hall–Kier alpha value is -2.08. The molecule has 1 amide bonds. The second-order valence-electron chi connectivity index (χ2n) is 6.01. The van der Waals surface area contributed by atoms with Crippen LogP contribution in [0.15, 0.2) is 30.3 Å². The maximum Gasteiger partial charge on any atom is 0.407 e. The predicted octanol–water partition coefficient (Wildman–Crippen LogP) is 2.50. The zero-order valence-electron chi connectivity index (χ0n) is 14.7. The quantitative estimate of drug-likeness (QED) is 0.712. The molecule has 3 atom stereocenters. The number of carbonyl (C=O) groups excluding carboxylic acids is 2. The third kappa shape index (κ3) is 6.20. The number of esters is 1. The van der Waals surface area contributed by atoms with Gasteiger partial charge in [-0.3, -0.25) is 4.79 Å². The number of ether oxygens (including phenoxy) is 2. The van der Waals surface area contributed by atoms with E-state index >= 15 is 0 Å². The van der Waals surface area contributed by atoms with Crippen LogP contribution in [0, 0.1) is 11.8 Å². The molecule has 0 aliphatic rings. The van der Waals surface area contributed by atoms with Gasteiger partial charge in [-0.25, -0.2) is 4.79 Å². The van der Waals surface area contributed by atoms with Crippen LogP contribution in [0.25, 0.3) is 0 Å². The highest BCUT2D eigenvalue weighted by molar-refractivity contribution is 5.73. The summed E-state index contributed by atoms with van der Waals surface area (Å²) in [5, 5.41) is 13.1. The van der Waals surface area contributed by atoms with Gasteiger partial charge in [0, 0.05) is 0 Å². The first-order valence-corrected chi connectivity index (χ1v) is 8.18. The summed E-state index contributed by atoms with van der Waals surface area (Å²) in [5.41, 5.74) is 0.870. The van der Waals surface area contributed by atoms with Gasteiger partial charge in [0.1, 0.15) is 6.61 Å². The Balaban J connectivity index is 2.61. The van der Waals surface area contributed by atoms with Crippen molar-refractivity contribution in [2.45, 2.75) is 46.4 Å². The van der Waals surface area contributed by atoms with Crippen LogP contribution in [0.1, 0.15) is 33.3 Å². The minimum Gasteiger partial charge on any atom is -0.466 e. The van der Waals surface area contributed by atoms with Crippen molar-refractivity contribution in [1.82, 2.24) is 5.32 Å². The Kier molecular flexibility index (Phi) is 8.26. The third-order valence-corrected chi connectivity index (χ3v) is 3.75. The lowest BCUT2D eigenvalue weighted by Crippen LogP contribution is -2.50. The lowest BCUT2D eigenvalue weighted by Gasteiger charge is -2.30. The van der Waals surface area contributed by atoms with Crippen LogP contribution in [0.3, 0.4) is 0 Å². The second-order valence-corrected chi connectivity index (χ2v) is 6.01. The van der Waals surface area contributed by atoms with Gasteiger partial charge in [0.05, 0.1) is 24.7 Å². The predicted molar refractivity (Wildman–Crippen MR) is 90.2 cm³/mol. The Bertz CT molecular complexity index is 517. The van der Waals surface area contributed by atoms with Crippen molar-refractivity contribution in [3.63, 3.8) is 0 Å². The molecule has 0 spiro atoms. The van der Waals surface area contributed by atoms with E-state index in [1.165, 1.54) is 0 Å². The molecule has 0 bridgehead atoms. The number of aliphatic hydroxyl groups excluding tert-OH is 1. The Morgan fingerprint density at radius 3 is 2.29 bits per heavy atom. The standard InChI is InChI=1S/C18H27NO5/c1-5-23-17(21)13(4)16(20)15(12(2)3)19-18(22)24-11-14-9-7-6-8-10-14/h6-10,12-13,15-16,20H,5,11H2,1-4H3,(H,19,22)/t13?,15-,16?/m0/s1. The zero-order valence-corrected chi connectivity index (χ0v) is 14.7. The van der Waals surface area contributed by atoms with Crippen LogP contribution < -0.4 is 5.32 Å². The summed E-state index contributed by atoms with van der Waals surface area (Å²) in [6.45, 7) is 7.37. The first-order valence-electron chi connectivity index (χ1n) is 8.18. The van der Waals surface area contributed by atoms with E-state index in [-0.39, 0.29) is 19.1 Å². The normalized spacial score (nSPS) is 14.6. The molecule has 0 aromatic heterocycles. The minimum atomic E-state index is -1.06. The SMILES string of the molecule is CCOC(=O)C(C)C(O)[C@@H](NC(=O)OCc1ccccc1)C(C)C. The maximum atomic E-state index is 12.0. The van der Waals surface area contributed by atoms with Crippen molar-refractivity contribution in [3.8, 4) is 0 Å². The number of hydrogen-bond acceptors (Lipinski definition) is 5. The van der Waals surface area contributed by atoms with Crippen molar-refractivity contribution >= 4 is 12.1 Å². The third-order valence-electron chi connectivity index (χ3n) is 3.75. The van der Waals surface area contributed by atoms with Gasteiger partial charge in [-0.15, -0.1) is 0 Å². The van der Waals surface area contributed by atoms with E-state index in [0.717, 1.165) is 5.56 Å². The molecule has 2 N–H and O–H groups in total. The van der Waals surface area contributed by atoms with E-state index in [2.05, 4.69) is 5.32 Å². The molecule has 2 unspecified atom stereocenters. The summed E-state index contributed by atoms with van der Waals surface area (Å²) in [6.07, 6.45) is -1.69. The summed E-state index contributed by atoms with van der Waals surface area (Å²) in [4.78, 5) is 23.8. The van der Waals surface area contributed by atoms with E-state index in [1.54, 1.807) is 13.8 Å². The molecule has 1 aromatic carbocycles. The topological polar surface area (TPSA) is 84.9 Å². The van der Waals surface area contributed by atoms with Crippen molar-refractivity contribution < 1.29 is 24.2 Å². The van der Waals surface area contributed by atoms with Gasteiger partial charge >= 0.3 is 12.1 Å². The molecule has 0 fully saturated rings. The number of nitrogens with one attached hydrogen (secondary N) is 1. The van der Waals surface area contributed by atoms with Gasteiger partial charge < -0.3 is 19.9 Å². The molecule has 6 nitrogen and oxygen atoms in total. The fourth-order valence-corrected chi connectivity index (χ4v) is 2.27. The highest BCUT2D eigenvalue weighted by Crippen LogP contribution is 2.16. The molecule has 0 aliphatic heterocycles. The number of carbonyl (C=O) groups is 2. The molecule has 0 saturated carbocycles. The van der Waals surface area contributed by atoms with Crippen LogP contribution in [0.5, 0.6) is 0 Å². The summed E-state index contributed by atoms with van der Waals surface area (Å²) >= 11 is 0. The Morgan fingerprint density at radius 1 is 1.12 bits per heavy atom. The number of rotatable bonds is 8. The zero-order chi connectivity index (χ0) is 18.1. The Labute approximate surface area is 143 Å². The van der Waals surface area contributed by atoms with Gasteiger partial charge in [0.25, 0.3) is 0 Å². The van der Waals surface area contributed by atoms with Crippen LogP contribution in [-0.4, -0.2) is 35.9 Å². The smallest absolute Gasteiger partial charge is 0.407 e. The van der Waals surface area contributed by atoms with E-state index in [9.17, 15) is 14.7 Å². The Morgan fingerprint density at radius 2 is 1.75 bits per heavy atom. The number of hydrogen-bond donors (Lipinski definition) is 2. The van der Waals surface area contributed by atoms with Crippen LogP contribution >= 0.6 is 0 Å². The fourth-order valence-electron chi connectivity index (χ4n) is 2.27.